The molecule has 0 spiro atoms. The van der Waals surface area contributed by atoms with Crippen molar-refractivity contribution >= 4 is 11.6 Å². The van der Waals surface area contributed by atoms with Gasteiger partial charge in [-0.25, -0.2) is 0 Å². The Hall–Kier alpha value is -0.770. The van der Waals surface area contributed by atoms with Crippen molar-refractivity contribution in [1.82, 2.24) is 4.90 Å². The molecule has 2 rings (SSSR count). The summed E-state index contributed by atoms with van der Waals surface area (Å²) in [6.07, 6.45) is 2.92. The molecule has 1 aromatic rings. The highest BCUT2D eigenvalue weighted by Gasteiger charge is 2.21. The number of ether oxygens (including phenoxy) is 2. The van der Waals surface area contributed by atoms with Gasteiger partial charge in [0.25, 0.3) is 0 Å². The Morgan fingerprint density at radius 2 is 1.82 bits per heavy atom. The second-order valence-corrected chi connectivity index (χ2v) is 6.78. The molecule has 0 amide bonds. The van der Waals surface area contributed by atoms with Crippen LogP contribution in [0.15, 0.2) is 12.1 Å². The fraction of sp³-hybridized carbons (Fsp3) is 0.667. The molecule has 0 aliphatic carbocycles. The van der Waals surface area contributed by atoms with Crippen molar-refractivity contribution in [1.29, 1.82) is 0 Å². The highest BCUT2D eigenvalue weighted by atomic mass is 35.5. The van der Waals surface area contributed by atoms with E-state index in [9.17, 15) is 0 Å². The van der Waals surface area contributed by atoms with E-state index in [0.29, 0.717) is 12.2 Å². The minimum Gasteiger partial charge on any atom is -0.493 e. The van der Waals surface area contributed by atoms with E-state index < -0.39 is 0 Å². The summed E-state index contributed by atoms with van der Waals surface area (Å²) in [5, 5.41) is 0.806. The van der Waals surface area contributed by atoms with E-state index in [2.05, 4.69) is 25.7 Å². The van der Waals surface area contributed by atoms with Crippen LogP contribution in [-0.2, 0) is 4.74 Å². The molecule has 1 saturated heterocycles. The molecule has 124 valence electrons. The van der Waals surface area contributed by atoms with Crippen molar-refractivity contribution in [2.45, 2.75) is 52.7 Å². The third-order valence-electron chi connectivity index (χ3n) is 4.29. The minimum absolute atomic E-state index is 0.347. The molecule has 0 N–H and O–H groups in total. The monoisotopic (exact) mass is 325 g/mol. The Morgan fingerprint density at radius 3 is 2.50 bits per heavy atom. The molecule has 1 fully saturated rings. The van der Waals surface area contributed by atoms with Gasteiger partial charge in [-0.05, 0) is 70.3 Å². The van der Waals surface area contributed by atoms with Crippen LogP contribution in [0.2, 0.25) is 5.02 Å². The maximum absolute atomic E-state index is 6.11. The molecule has 3 nitrogen and oxygen atoms in total. The molecular formula is C18H28ClNO2. The van der Waals surface area contributed by atoms with E-state index in [4.69, 9.17) is 21.1 Å². The first-order valence-corrected chi connectivity index (χ1v) is 8.61. The number of rotatable bonds is 6. The number of benzene rings is 1. The minimum atomic E-state index is 0.347. The number of hydrogen-bond acceptors (Lipinski definition) is 3. The second-order valence-electron chi connectivity index (χ2n) is 6.37. The first-order valence-electron chi connectivity index (χ1n) is 8.23. The van der Waals surface area contributed by atoms with E-state index in [0.717, 1.165) is 61.0 Å². The Balaban J connectivity index is 1.68. The first kappa shape index (κ1) is 17.6. The van der Waals surface area contributed by atoms with Crippen molar-refractivity contribution < 1.29 is 9.47 Å². The zero-order chi connectivity index (χ0) is 16.1. The molecule has 4 heteroatoms. The van der Waals surface area contributed by atoms with Gasteiger partial charge in [0.05, 0.1) is 18.8 Å². The van der Waals surface area contributed by atoms with Crippen molar-refractivity contribution in [3.05, 3.63) is 28.3 Å². The van der Waals surface area contributed by atoms with Gasteiger partial charge in [-0.1, -0.05) is 11.6 Å². The molecule has 1 aliphatic heterocycles. The molecule has 2 atom stereocenters. The number of halogens is 1. The fourth-order valence-corrected chi connectivity index (χ4v) is 3.21. The lowest BCUT2D eigenvalue weighted by Gasteiger charge is -2.35. The molecule has 0 radical (unpaired) electrons. The Labute approximate surface area is 139 Å². The molecule has 22 heavy (non-hydrogen) atoms. The van der Waals surface area contributed by atoms with Gasteiger partial charge in [-0.2, -0.15) is 0 Å². The Bertz CT molecular complexity index is 482. The van der Waals surface area contributed by atoms with Crippen LogP contribution >= 0.6 is 11.6 Å². The van der Waals surface area contributed by atoms with Gasteiger partial charge >= 0.3 is 0 Å². The van der Waals surface area contributed by atoms with Crippen LogP contribution in [0, 0.1) is 13.8 Å². The number of hydrogen-bond donors (Lipinski definition) is 0. The molecule has 1 aliphatic rings. The topological polar surface area (TPSA) is 21.7 Å². The van der Waals surface area contributed by atoms with Gasteiger partial charge in [0.15, 0.2) is 0 Å². The number of morpholine rings is 1. The Kier molecular flexibility index (Phi) is 6.54. The summed E-state index contributed by atoms with van der Waals surface area (Å²) in [5.41, 5.74) is 2.25. The van der Waals surface area contributed by atoms with E-state index in [1.54, 1.807) is 0 Å². The van der Waals surface area contributed by atoms with Crippen LogP contribution in [0.3, 0.4) is 0 Å². The zero-order valence-corrected chi connectivity index (χ0v) is 14.9. The van der Waals surface area contributed by atoms with Gasteiger partial charge in [-0.15, -0.1) is 0 Å². The third kappa shape index (κ3) is 4.87. The summed E-state index contributed by atoms with van der Waals surface area (Å²) in [6.45, 7) is 12.4. The zero-order valence-electron chi connectivity index (χ0n) is 14.2. The largest absolute Gasteiger partial charge is 0.493 e. The van der Waals surface area contributed by atoms with Crippen molar-refractivity contribution in [3.63, 3.8) is 0 Å². The average molecular weight is 326 g/mol. The molecule has 0 bridgehead atoms. The van der Waals surface area contributed by atoms with E-state index in [1.807, 2.05) is 19.1 Å². The molecule has 0 unspecified atom stereocenters. The van der Waals surface area contributed by atoms with Crippen molar-refractivity contribution in [2.24, 2.45) is 0 Å². The van der Waals surface area contributed by atoms with Crippen LogP contribution in [0.5, 0.6) is 5.75 Å². The molecule has 1 aromatic carbocycles. The highest BCUT2D eigenvalue weighted by Crippen LogP contribution is 2.27. The predicted octanol–water partition coefficient (Wildman–Crippen LogP) is 4.23. The summed E-state index contributed by atoms with van der Waals surface area (Å²) in [7, 11) is 0. The van der Waals surface area contributed by atoms with Crippen molar-refractivity contribution in [3.8, 4) is 5.75 Å². The van der Waals surface area contributed by atoms with Crippen LogP contribution in [0.4, 0.5) is 0 Å². The number of unbranched alkanes of at least 4 members (excludes halogenated alkanes) is 1. The van der Waals surface area contributed by atoms with Gasteiger partial charge < -0.3 is 9.47 Å². The number of nitrogens with zero attached hydrogens (tertiary/aromatic N) is 1. The van der Waals surface area contributed by atoms with Gasteiger partial charge in [-0.3, -0.25) is 4.90 Å². The standard InChI is InChI=1S/C18H28ClNO2/c1-13-11-20(12-14(2)22-13)9-5-6-10-21-18-8-7-17(19)15(3)16(18)4/h7-8,13-14H,5-6,9-12H2,1-4H3/t13-,14+. The quantitative estimate of drug-likeness (QED) is 0.731. The molecule has 0 saturated carbocycles. The maximum atomic E-state index is 6.11. The summed E-state index contributed by atoms with van der Waals surface area (Å²) < 4.78 is 11.7. The van der Waals surface area contributed by atoms with E-state index in [-0.39, 0.29) is 0 Å². The average Bonchev–Trinajstić information content (AvgIpc) is 2.45. The van der Waals surface area contributed by atoms with Gasteiger partial charge in [0.2, 0.25) is 0 Å². The predicted molar refractivity (Wildman–Crippen MR) is 92.1 cm³/mol. The van der Waals surface area contributed by atoms with Crippen molar-refractivity contribution in [2.75, 3.05) is 26.2 Å². The van der Waals surface area contributed by atoms with E-state index >= 15 is 0 Å². The third-order valence-corrected chi connectivity index (χ3v) is 4.70. The van der Waals surface area contributed by atoms with Gasteiger partial charge in [0, 0.05) is 18.1 Å². The maximum Gasteiger partial charge on any atom is 0.122 e. The van der Waals surface area contributed by atoms with Crippen LogP contribution in [-0.4, -0.2) is 43.3 Å². The summed E-state index contributed by atoms with van der Waals surface area (Å²) in [4.78, 5) is 2.50. The lowest BCUT2D eigenvalue weighted by atomic mass is 10.1. The molecule has 0 aromatic heterocycles. The van der Waals surface area contributed by atoms with Crippen LogP contribution < -0.4 is 4.74 Å². The van der Waals surface area contributed by atoms with Crippen LogP contribution in [0.25, 0.3) is 0 Å². The van der Waals surface area contributed by atoms with Crippen LogP contribution in [0.1, 0.15) is 37.8 Å². The lowest BCUT2D eigenvalue weighted by molar-refractivity contribution is -0.0682. The normalized spacial score (nSPS) is 22.8. The SMILES string of the molecule is Cc1c(Cl)ccc(OCCCCN2C[C@@H](C)O[C@@H](C)C2)c1C. The Morgan fingerprint density at radius 1 is 1.14 bits per heavy atom. The fourth-order valence-electron chi connectivity index (χ4n) is 3.01. The lowest BCUT2D eigenvalue weighted by Crippen LogP contribution is -2.45. The molecule has 1 heterocycles. The molecular weight excluding hydrogens is 298 g/mol. The van der Waals surface area contributed by atoms with Gasteiger partial charge in [0.1, 0.15) is 5.75 Å². The second kappa shape index (κ2) is 8.19. The first-order chi connectivity index (χ1) is 10.5. The summed E-state index contributed by atoms with van der Waals surface area (Å²) in [5.74, 6) is 0.954. The highest BCUT2D eigenvalue weighted by molar-refractivity contribution is 6.31. The summed E-state index contributed by atoms with van der Waals surface area (Å²) >= 11 is 6.11. The smallest absolute Gasteiger partial charge is 0.122 e. The summed E-state index contributed by atoms with van der Waals surface area (Å²) in [6, 6.07) is 3.88. The van der Waals surface area contributed by atoms with E-state index in [1.165, 1.54) is 0 Å².